The Balaban J connectivity index is 1.91. The number of amides is 2. The SMILES string of the molecule is CN(C)CCCN(C)C(=O)C1CC(=O)N(c2ccccc2)C1. The fraction of sp³-hybridized carbons (Fsp3) is 0.529. The van der Waals surface area contributed by atoms with Crippen molar-refractivity contribution in [3.8, 4) is 0 Å². The number of carbonyl (C=O) groups excluding carboxylic acids is 2. The maximum Gasteiger partial charge on any atom is 0.227 e. The van der Waals surface area contributed by atoms with Crippen molar-refractivity contribution in [2.24, 2.45) is 5.92 Å². The van der Waals surface area contributed by atoms with E-state index in [1.54, 1.807) is 9.80 Å². The molecule has 0 aromatic heterocycles. The van der Waals surface area contributed by atoms with Gasteiger partial charge in [-0.3, -0.25) is 9.59 Å². The third kappa shape index (κ3) is 4.07. The van der Waals surface area contributed by atoms with Crippen molar-refractivity contribution in [3.63, 3.8) is 0 Å². The topological polar surface area (TPSA) is 43.9 Å². The molecule has 1 aliphatic rings. The van der Waals surface area contributed by atoms with Crippen LogP contribution in [0.4, 0.5) is 5.69 Å². The molecule has 1 saturated heterocycles. The Bertz CT molecular complexity index is 516. The first-order valence-corrected chi connectivity index (χ1v) is 7.74. The zero-order valence-electron chi connectivity index (χ0n) is 13.7. The highest BCUT2D eigenvalue weighted by molar-refractivity contribution is 6.00. The molecule has 120 valence electrons. The van der Waals surface area contributed by atoms with E-state index in [1.165, 1.54) is 0 Å². The maximum atomic E-state index is 12.5. The zero-order chi connectivity index (χ0) is 16.1. The molecule has 5 heteroatoms. The summed E-state index contributed by atoms with van der Waals surface area (Å²) >= 11 is 0. The molecule has 1 unspecified atom stereocenters. The molecule has 0 spiro atoms. The van der Waals surface area contributed by atoms with Crippen LogP contribution in [0.5, 0.6) is 0 Å². The molecule has 2 amide bonds. The van der Waals surface area contributed by atoms with Crippen molar-refractivity contribution in [1.29, 1.82) is 0 Å². The molecule has 2 rings (SSSR count). The number of anilines is 1. The Morgan fingerprint density at radius 1 is 1.18 bits per heavy atom. The van der Waals surface area contributed by atoms with E-state index in [4.69, 9.17) is 0 Å². The van der Waals surface area contributed by atoms with Crippen LogP contribution in [0, 0.1) is 5.92 Å². The molecule has 1 aromatic carbocycles. The fourth-order valence-corrected chi connectivity index (χ4v) is 2.78. The van der Waals surface area contributed by atoms with E-state index >= 15 is 0 Å². The highest BCUT2D eigenvalue weighted by atomic mass is 16.2. The summed E-state index contributed by atoms with van der Waals surface area (Å²) in [6, 6.07) is 9.55. The van der Waals surface area contributed by atoms with Crippen molar-refractivity contribution < 1.29 is 9.59 Å². The number of hydrogen-bond acceptors (Lipinski definition) is 3. The molecule has 1 heterocycles. The van der Waals surface area contributed by atoms with Gasteiger partial charge in [-0.15, -0.1) is 0 Å². The van der Waals surface area contributed by atoms with Gasteiger partial charge < -0.3 is 14.7 Å². The van der Waals surface area contributed by atoms with Gasteiger partial charge in [0.25, 0.3) is 0 Å². The lowest BCUT2D eigenvalue weighted by Gasteiger charge is -2.22. The molecular weight excluding hydrogens is 278 g/mol. The molecule has 1 fully saturated rings. The van der Waals surface area contributed by atoms with Crippen LogP contribution in [0.25, 0.3) is 0 Å². The molecule has 1 atom stereocenters. The standard InChI is InChI=1S/C17H25N3O2/c1-18(2)10-7-11-19(3)17(22)14-12-16(21)20(13-14)15-8-5-4-6-9-15/h4-6,8-9,14H,7,10-13H2,1-3H3. The predicted octanol–water partition coefficient (Wildman–Crippen LogP) is 1.45. The van der Waals surface area contributed by atoms with Gasteiger partial charge in [-0.25, -0.2) is 0 Å². The molecule has 1 aromatic rings. The summed E-state index contributed by atoms with van der Waals surface area (Å²) in [5.74, 6) is -0.117. The van der Waals surface area contributed by atoms with Crippen LogP contribution in [-0.4, -0.2) is 62.4 Å². The van der Waals surface area contributed by atoms with Gasteiger partial charge in [0.15, 0.2) is 0 Å². The molecule has 5 nitrogen and oxygen atoms in total. The van der Waals surface area contributed by atoms with E-state index in [1.807, 2.05) is 51.5 Å². The summed E-state index contributed by atoms with van der Waals surface area (Å²) in [6.07, 6.45) is 1.25. The molecule has 0 radical (unpaired) electrons. The van der Waals surface area contributed by atoms with E-state index in [0.29, 0.717) is 13.0 Å². The molecule has 0 aliphatic carbocycles. The van der Waals surface area contributed by atoms with Crippen LogP contribution < -0.4 is 4.90 Å². The van der Waals surface area contributed by atoms with Crippen molar-refractivity contribution in [2.45, 2.75) is 12.8 Å². The molecular formula is C17H25N3O2. The monoisotopic (exact) mass is 303 g/mol. The Hall–Kier alpha value is -1.88. The second-order valence-electron chi connectivity index (χ2n) is 6.16. The van der Waals surface area contributed by atoms with Gasteiger partial charge >= 0.3 is 0 Å². The number of benzene rings is 1. The third-order valence-corrected chi connectivity index (χ3v) is 4.02. The van der Waals surface area contributed by atoms with Crippen molar-refractivity contribution in [3.05, 3.63) is 30.3 Å². The predicted molar refractivity (Wildman–Crippen MR) is 87.7 cm³/mol. The summed E-state index contributed by atoms with van der Waals surface area (Å²) in [5, 5.41) is 0. The van der Waals surface area contributed by atoms with Crippen LogP contribution in [0.15, 0.2) is 30.3 Å². The largest absolute Gasteiger partial charge is 0.345 e. The molecule has 0 N–H and O–H groups in total. The van der Waals surface area contributed by atoms with E-state index in [0.717, 1.165) is 25.2 Å². The first-order chi connectivity index (χ1) is 10.5. The smallest absolute Gasteiger partial charge is 0.227 e. The lowest BCUT2D eigenvalue weighted by atomic mass is 10.1. The van der Waals surface area contributed by atoms with Gasteiger partial charge in [0.1, 0.15) is 0 Å². The molecule has 0 bridgehead atoms. The molecule has 22 heavy (non-hydrogen) atoms. The van der Waals surface area contributed by atoms with Gasteiger partial charge in [0, 0.05) is 32.2 Å². The second kappa shape index (κ2) is 7.40. The minimum atomic E-state index is -0.225. The second-order valence-corrected chi connectivity index (χ2v) is 6.16. The van der Waals surface area contributed by atoms with Crippen molar-refractivity contribution >= 4 is 17.5 Å². The Morgan fingerprint density at radius 2 is 1.86 bits per heavy atom. The van der Waals surface area contributed by atoms with Crippen LogP contribution >= 0.6 is 0 Å². The lowest BCUT2D eigenvalue weighted by molar-refractivity contribution is -0.134. The minimum absolute atomic E-state index is 0.0336. The van der Waals surface area contributed by atoms with E-state index in [9.17, 15) is 9.59 Å². The lowest BCUT2D eigenvalue weighted by Crippen LogP contribution is -2.36. The zero-order valence-corrected chi connectivity index (χ0v) is 13.7. The quantitative estimate of drug-likeness (QED) is 0.799. The first kappa shape index (κ1) is 16.5. The van der Waals surface area contributed by atoms with Crippen molar-refractivity contribution in [2.75, 3.05) is 45.7 Å². The average Bonchev–Trinajstić information content (AvgIpc) is 2.88. The number of hydrogen-bond donors (Lipinski definition) is 0. The van der Waals surface area contributed by atoms with Gasteiger partial charge in [-0.05, 0) is 39.2 Å². The highest BCUT2D eigenvalue weighted by Crippen LogP contribution is 2.25. The summed E-state index contributed by atoms with van der Waals surface area (Å²) in [6.45, 7) is 2.17. The van der Waals surface area contributed by atoms with Crippen LogP contribution in [0.2, 0.25) is 0 Å². The first-order valence-electron chi connectivity index (χ1n) is 7.74. The molecule has 1 aliphatic heterocycles. The fourth-order valence-electron chi connectivity index (χ4n) is 2.78. The van der Waals surface area contributed by atoms with Gasteiger partial charge in [-0.1, -0.05) is 18.2 Å². The van der Waals surface area contributed by atoms with E-state index in [-0.39, 0.29) is 17.7 Å². The maximum absolute atomic E-state index is 12.5. The van der Waals surface area contributed by atoms with Gasteiger partial charge in [0.05, 0.1) is 5.92 Å². The Labute approximate surface area is 132 Å². The van der Waals surface area contributed by atoms with Crippen LogP contribution in [0.1, 0.15) is 12.8 Å². The van der Waals surface area contributed by atoms with Gasteiger partial charge in [0.2, 0.25) is 11.8 Å². The minimum Gasteiger partial charge on any atom is -0.345 e. The van der Waals surface area contributed by atoms with E-state index < -0.39 is 0 Å². The van der Waals surface area contributed by atoms with Crippen LogP contribution in [-0.2, 0) is 9.59 Å². The third-order valence-electron chi connectivity index (χ3n) is 4.02. The molecule has 0 saturated carbocycles. The van der Waals surface area contributed by atoms with E-state index in [2.05, 4.69) is 4.90 Å². The van der Waals surface area contributed by atoms with Gasteiger partial charge in [-0.2, -0.15) is 0 Å². The number of carbonyl (C=O) groups is 2. The Morgan fingerprint density at radius 3 is 2.50 bits per heavy atom. The normalized spacial score (nSPS) is 18.1. The highest BCUT2D eigenvalue weighted by Gasteiger charge is 2.36. The Kier molecular flexibility index (Phi) is 5.55. The van der Waals surface area contributed by atoms with Crippen molar-refractivity contribution in [1.82, 2.24) is 9.80 Å². The average molecular weight is 303 g/mol. The summed E-state index contributed by atoms with van der Waals surface area (Å²) in [7, 11) is 5.87. The summed E-state index contributed by atoms with van der Waals surface area (Å²) in [5.41, 5.74) is 0.873. The summed E-state index contributed by atoms with van der Waals surface area (Å²) in [4.78, 5) is 30.2. The summed E-state index contributed by atoms with van der Waals surface area (Å²) < 4.78 is 0. The number of nitrogens with zero attached hydrogens (tertiary/aromatic N) is 3. The number of para-hydroxylation sites is 1. The van der Waals surface area contributed by atoms with Crippen LogP contribution in [0.3, 0.4) is 0 Å². The number of rotatable bonds is 6.